The van der Waals surface area contributed by atoms with Crippen molar-refractivity contribution < 1.29 is 4.79 Å². The molecule has 0 saturated carbocycles. The van der Waals surface area contributed by atoms with Gasteiger partial charge in [0.1, 0.15) is 5.82 Å². The third-order valence-electron chi connectivity index (χ3n) is 2.78. The Hall–Kier alpha value is -1.88. The molecule has 1 amide bonds. The summed E-state index contributed by atoms with van der Waals surface area (Å²) < 4.78 is 0.980. The normalized spacial score (nSPS) is 10.2. The number of hydrogen-bond acceptors (Lipinski definition) is 3. The summed E-state index contributed by atoms with van der Waals surface area (Å²) in [5, 5.41) is 0. The van der Waals surface area contributed by atoms with Gasteiger partial charge in [-0.2, -0.15) is 0 Å². The van der Waals surface area contributed by atoms with Crippen LogP contribution in [0.3, 0.4) is 0 Å². The monoisotopic (exact) mass is 319 g/mol. The molecule has 1 heterocycles. The van der Waals surface area contributed by atoms with Gasteiger partial charge < -0.3 is 10.6 Å². The first kappa shape index (κ1) is 13.5. The van der Waals surface area contributed by atoms with Gasteiger partial charge in [-0.3, -0.25) is 4.79 Å². The van der Waals surface area contributed by atoms with E-state index in [1.54, 1.807) is 30.3 Å². The second-order valence-corrected chi connectivity index (χ2v) is 5.04. The van der Waals surface area contributed by atoms with E-state index in [1.165, 1.54) is 0 Å². The Labute approximate surface area is 120 Å². The van der Waals surface area contributed by atoms with Crippen LogP contribution in [0.15, 0.2) is 47.1 Å². The van der Waals surface area contributed by atoms with Crippen molar-refractivity contribution in [2.24, 2.45) is 0 Å². The van der Waals surface area contributed by atoms with Gasteiger partial charge in [-0.05, 0) is 23.8 Å². The van der Waals surface area contributed by atoms with E-state index in [0.29, 0.717) is 12.1 Å². The van der Waals surface area contributed by atoms with Gasteiger partial charge in [-0.15, -0.1) is 0 Å². The molecule has 1 aromatic heterocycles. The molecule has 2 aromatic rings. The molecule has 0 spiro atoms. The highest BCUT2D eigenvalue weighted by Crippen LogP contribution is 2.19. The molecule has 1 aromatic carbocycles. The smallest absolute Gasteiger partial charge is 0.257 e. The zero-order valence-corrected chi connectivity index (χ0v) is 12.1. The maximum Gasteiger partial charge on any atom is 0.257 e. The number of nitrogen functional groups attached to an aromatic ring is 1. The van der Waals surface area contributed by atoms with Crippen LogP contribution < -0.4 is 5.73 Å². The molecular formula is C14H14BrN3O. The van der Waals surface area contributed by atoms with Gasteiger partial charge in [0, 0.05) is 24.3 Å². The molecule has 0 unspecified atom stereocenters. The molecule has 98 valence electrons. The highest BCUT2D eigenvalue weighted by Gasteiger charge is 2.15. The molecule has 4 nitrogen and oxygen atoms in total. The van der Waals surface area contributed by atoms with E-state index < -0.39 is 0 Å². The first-order valence-electron chi connectivity index (χ1n) is 5.79. The summed E-state index contributed by atoms with van der Waals surface area (Å²) in [5.41, 5.74) is 7.18. The number of nitrogens with two attached hydrogens (primary N) is 1. The van der Waals surface area contributed by atoms with Crippen LogP contribution >= 0.6 is 15.9 Å². The number of aromatic nitrogens is 1. The fourth-order valence-electron chi connectivity index (χ4n) is 1.76. The third kappa shape index (κ3) is 3.12. The van der Waals surface area contributed by atoms with Crippen LogP contribution in [-0.4, -0.2) is 22.8 Å². The zero-order valence-electron chi connectivity index (χ0n) is 10.5. The highest BCUT2D eigenvalue weighted by atomic mass is 79.9. The average Bonchev–Trinajstić information content (AvgIpc) is 2.41. The second kappa shape index (κ2) is 5.84. The molecule has 0 atom stereocenters. The van der Waals surface area contributed by atoms with Crippen molar-refractivity contribution in [2.75, 3.05) is 12.8 Å². The average molecular weight is 320 g/mol. The van der Waals surface area contributed by atoms with Crippen LogP contribution in [0.4, 0.5) is 5.82 Å². The Morgan fingerprint density at radius 2 is 2.05 bits per heavy atom. The zero-order chi connectivity index (χ0) is 13.8. The largest absolute Gasteiger partial charge is 0.383 e. The van der Waals surface area contributed by atoms with Gasteiger partial charge in [0.2, 0.25) is 0 Å². The standard InChI is InChI=1S/C14H14BrN3O/c1-18(9-10-5-2-3-7-12(10)15)14(19)11-6-4-8-17-13(11)16/h2-8H,9H2,1H3,(H2,16,17). The minimum atomic E-state index is -0.138. The minimum absolute atomic E-state index is 0.138. The summed E-state index contributed by atoms with van der Waals surface area (Å²) in [6, 6.07) is 11.2. The number of anilines is 1. The second-order valence-electron chi connectivity index (χ2n) is 4.19. The van der Waals surface area contributed by atoms with Crippen LogP contribution in [0.2, 0.25) is 0 Å². The molecule has 5 heteroatoms. The summed E-state index contributed by atoms with van der Waals surface area (Å²) in [6.07, 6.45) is 1.57. The molecule has 0 aliphatic rings. The Morgan fingerprint density at radius 1 is 1.32 bits per heavy atom. The molecule has 0 aliphatic carbocycles. The molecule has 0 bridgehead atoms. The molecular weight excluding hydrogens is 306 g/mol. The fraction of sp³-hybridized carbons (Fsp3) is 0.143. The van der Waals surface area contributed by atoms with E-state index in [0.717, 1.165) is 10.0 Å². The number of nitrogens with zero attached hydrogens (tertiary/aromatic N) is 2. The van der Waals surface area contributed by atoms with Crippen LogP contribution in [0.25, 0.3) is 0 Å². The molecule has 2 rings (SSSR count). The lowest BCUT2D eigenvalue weighted by atomic mass is 10.2. The number of amides is 1. The van der Waals surface area contributed by atoms with E-state index in [-0.39, 0.29) is 11.7 Å². The predicted octanol–water partition coefficient (Wildman–Crippen LogP) is 2.70. The lowest BCUT2D eigenvalue weighted by molar-refractivity contribution is 0.0785. The van der Waals surface area contributed by atoms with Crippen molar-refractivity contribution in [2.45, 2.75) is 6.54 Å². The SMILES string of the molecule is CN(Cc1ccccc1Br)C(=O)c1cccnc1N. The quantitative estimate of drug-likeness (QED) is 0.946. The molecule has 19 heavy (non-hydrogen) atoms. The number of benzene rings is 1. The summed E-state index contributed by atoms with van der Waals surface area (Å²) in [7, 11) is 1.74. The highest BCUT2D eigenvalue weighted by molar-refractivity contribution is 9.10. The van der Waals surface area contributed by atoms with Crippen LogP contribution in [0, 0.1) is 0 Å². The maximum atomic E-state index is 12.3. The minimum Gasteiger partial charge on any atom is -0.383 e. The van der Waals surface area contributed by atoms with Gasteiger partial charge in [0.25, 0.3) is 5.91 Å². The van der Waals surface area contributed by atoms with Crippen LogP contribution in [-0.2, 0) is 6.54 Å². The third-order valence-corrected chi connectivity index (χ3v) is 3.55. The number of carbonyl (C=O) groups excluding carboxylic acids is 1. The van der Waals surface area contributed by atoms with Gasteiger partial charge in [-0.1, -0.05) is 34.1 Å². The van der Waals surface area contributed by atoms with Crippen LogP contribution in [0.1, 0.15) is 15.9 Å². The van der Waals surface area contributed by atoms with E-state index in [2.05, 4.69) is 20.9 Å². The number of halogens is 1. The first-order chi connectivity index (χ1) is 9.09. The van der Waals surface area contributed by atoms with Crippen molar-refractivity contribution in [1.82, 2.24) is 9.88 Å². The van der Waals surface area contributed by atoms with Crippen molar-refractivity contribution in [1.29, 1.82) is 0 Å². The predicted molar refractivity (Wildman–Crippen MR) is 78.6 cm³/mol. The Balaban J connectivity index is 2.17. The van der Waals surface area contributed by atoms with Gasteiger partial charge in [0.05, 0.1) is 5.56 Å². The number of carbonyl (C=O) groups is 1. The Bertz CT molecular complexity index is 601. The summed E-state index contributed by atoms with van der Waals surface area (Å²) in [6.45, 7) is 0.509. The van der Waals surface area contributed by atoms with E-state index >= 15 is 0 Å². The molecule has 2 N–H and O–H groups in total. The van der Waals surface area contributed by atoms with Gasteiger partial charge in [-0.25, -0.2) is 4.98 Å². The Morgan fingerprint density at radius 3 is 2.74 bits per heavy atom. The van der Waals surface area contributed by atoms with Crippen molar-refractivity contribution in [3.05, 3.63) is 58.2 Å². The van der Waals surface area contributed by atoms with Crippen molar-refractivity contribution in [3.8, 4) is 0 Å². The molecule has 0 saturated heterocycles. The molecule has 0 aliphatic heterocycles. The summed E-state index contributed by atoms with van der Waals surface area (Å²) >= 11 is 3.47. The molecule has 0 fully saturated rings. The summed E-state index contributed by atoms with van der Waals surface area (Å²) in [5.74, 6) is 0.118. The topological polar surface area (TPSA) is 59.2 Å². The first-order valence-corrected chi connectivity index (χ1v) is 6.58. The number of hydrogen-bond donors (Lipinski definition) is 1. The maximum absolute atomic E-state index is 12.3. The lowest BCUT2D eigenvalue weighted by Gasteiger charge is -2.18. The van der Waals surface area contributed by atoms with Gasteiger partial charge in [0.15, 0.2) is 0 Å². The number of pyridine rings is 1. The van der Waals surface area contributed by atoms with Crippen LogP contribution in [0.5, 0.6) is 0 Å². The van der Waals surface area contributed by atoms with E-state index in [4.69, 9.17) is 5.73 Å². The number of rotatable bonds is 3. The van der Waals surface area contributed by atoms with Crippen molar-refractivity contribution >= 4 is 27.7 Å². The van der Waals surface area contributed by atoms with E-state index in [9.17, 15) is 4.79 Å². The van der Waals surface area contributed by atoms with E-state index in [1.807, 2.05) is 24.3 Å². The fourth-order valence-corrected chi connectivity index (χ4v) is 2.17. The van der Waals surface area contributed by atoms with Gasteiger partial charge >= 0.3 is 0 Å². The lowest BCUT2D eigenvalue weighted by Crippen LogP contribution is -2.27. The van der Waals surface area contributed by atoms with Crippen molar-refractivity contribution in [3.63, 3.8) is 0 Å². The summed E-state index contributed by atoms with van der Waals surface area (Å²) in [4.78, 5) is 17.8. The Kier molecular flexibility index (Phi) is 4.16. The molecule has 0 radical (unpaired) electrons.